The van der Waals surface area contributed by atoms with Crippen LogP contribution in [0.25, 0.3) is 0 Å². The van der Waals surface area contributed by atoms with E-state index in [0.29, 0.717) is 5.56 Å². The molecule has 2 aromatic rings. The molecule has 1 amide bonds. The molecule has 0 aromatic heterocycles. The van der Waals surface area contributed by atoms with Crippen LogP contribution in [0.2, 0.25) is 0 Å². The van der Waals surface area contributed by atoms with Gasteiger partial charge in [-0.2, -0.15) is 8.42 Å². The van der Waals surface area contributed by atoms with Gasteiger partial charge in [0.25, 0.3) is 0 Å². The highest BCUT2D eigenvalue weighted by Crippen LogP contribution is 2.20. The van der Waals surface area contributed by atoms with Crippen molar-refractivity contribution in [1.82, 2.24) is 5.32 Å². The summed E-state index contributed by atoms with van der Waals surface area (Å²) in [6.45, 7) is 3.17. The summed E-state index contributed by atoms with van der Waals surface area (Å²) in [6.07, 6.45) is 0.206. The summed E-state index contributed by atoms with van der Waals surface area (Å²) in [5.41, 5.74) is 1.65. The first-order valence-corrected chi connectivity index (χ1v) is 9.57. The van der Waals surface area contributed by atoms with Gasteiger partial charge < -0.3 is 14.2 Å². The molecule has 0 saturated heterocycles. The van der Waals surface area contributed by atoms with E-state index < -0.39 is 22.1 Å². The zero-order valence-electron chi connectivity index (χ0n) is 15.3. The molecule has 1 N–H and O–H groups in total. The summed E-state index contributed by atoms with van der Waals surface area (Å²) in [4.78, 5) is 23.0. The standard InChI is InChI=1S/C19H21NO6S/c1-13-4-10-17(11-5-13)27(23,24)26-16-8-6-15(7-9-16)12-18(19(22)25-3)20-14(2)21/h4-11,18H,12H2,1-3H3,(H,20,21). The number of carbonyl (C=O) groups is 2. The molecule has 1 unspecified atom stereocenters. The first kappa shape index (κ1) is 20.4. The third-order valence-corrected chi connectivity index (χ3v) is 5.00. The lowest BCUT2D eigenvalue weighted by Gasteiger charge is -2.15. The van der Waals surface area contributed by atoms with Gasteiger partial charge in [-0.25, -0.2) is 4.79 Å². The van der Waals surface area contributed by atoms with Gasteiger partial charge in [-0.15, -0.1) is 0 Å². The molecular formula is C19H21NO6S. The summed E-state index contributed by atoms with van der Waals surface area (Å²) in [6, 6.07) is 11.7. The van der Waals surface area contributed by atoms with E-state index in [1.807, 2.05) is 6.92 Å². The number of aryl methyl sites for hydroxylation is 1. The van der Waals surface area contributed by atoms with Crippen LogP contribution in [0.4, 0.5) is 0 Å². The topological polar surface area (TPSA) is 98.8 Å². The lowest BCUT2D eigenvalue weighted by Crippen LogP contribution is -2.41. The number of ether oxygens (including phenoxy) is 1. The molecule has 0 saturated carbocycles. The molecule has 0 heterocycles. The van der Waals surface area contributed by atoms with E-state index in [9.17, 15) is 18.0 Å². The fourth-order valence-electron chi connectivity index (χ4n) is 2.38. The molecule has 27 heavy (non-hydrogen) atoms. The van der Waals surface area contributed by atoms with Crippen molar-refractivity contribution < 1.29 is 26.9 Å². The van der Waals surface area contributed by atoms with Crippen molar-refractivity contribution in [2.45, 2.75) is 31.2 Å². The Morgan fingerprint density at radius 3 is 2.15 bits per heavy atom. The molecule has 0 aliphatic rings. The van der Waals surface area contributed by atoms with E-state index in [1.165, 1.54) is 38.3 Å². The van der Waals surface area contributed by atoms with Crippen LogP contribution in [-0.4, -0.2) is 33.4 Å². The lowest BCUT2D eigenvalue weighted by atomic mass is 10.1. The van der Waals surface area contributed by atoms with Crippen LogP contribution in [0, 0.1) is 6.92 Å². The van der Waals surface area contributed by atoms with E-state index in [1.54, 1.807) is 24.3 Å². The average molecular weight is 391 g/mol. The minimum absolute atomic E-state index is 0.0635. The maximum absolute atomic E-state index is 12.3. The molecule has 0 aliphatic heterocycles. The zero-order chi connectivity index (χ0) is 20.0. The number of methoxy groups -OCH3 is 1. The van der Waals surface area contributed by atoms with E-state index in [4.69, 9.17) is 4.18 Å². The van der Waals surface area contributed by atoms with Gasteiger partial charge >= 0.3 is 16.1 Å². The predicted molar refractivity (Wildman–Crippen MR) is 98.8 cm³/mol. The highest BCUT2D eigenvalue weighted by Gasteiger charge is 2.21. The quantitative estimate of drug-likeness (QED) is 0.572. The summed E-state index contributed by atoms with van der Waals surface area (Å²) in [5.74, 6) is -0.768. The summed E-state index contributed by atoms with van der Waals surface area (Å²) in [7, 11) is -2.69. The Hall–Kier alpha value is -2.87. The first-order chi connectivity index (χ1) is 12.7. The van der Waals surface area contributed by atoms with Crippen molar-refractivity contribution in [3.05, 3.63) is 59.7 Å². The molecular weight excluding hydrogens is 370 g/mol. The van der Waals surface area contributed by atoms with Gasteiger partial charge in [-0.05, 0) is 36.8 Å². The second kappa shape index (κ2) is 8.68. The molecule has 8 heteroatoms. The molecule has 2 aromatic carbocycles. The van der Waals surface area contributed by atoms with E-state index >= 15 is 0 Å². The smallest absolute Gasteiger partial charge is 0.339 e. The molecule has 2 rings (SSSR count). The Balaban J connectivity index is 2.11. The van der Waals surface area contributed by atoms with Crippen molar-refractivity contribution in [1.29, 1.82) is 0 Å². The first-order valence-electron chi connectivity index (χ1n) is 8.16. The van der Waals surface area contributed by atoms with Gasteiger partial charge in [-0.1, -0.05) is 29.8 Å². The Morgan fingerprint density at radius 2 is 1.63 bits per heavy atom. The number of hydrogen-bond acceptors (Lipinski definition) is 6. The highest BCUT2D eigenvalue weighted by atomic mass is 32.2. The van der Waals surface area contributed by atoms with Crippen molar-refractivity contribution in [2.24, 2.45) is 0 Å². The molecule has 0 spiro atoms. The third kappa shape index (κ3) is 5.82. The second-order valence-electron chi connectivity index (χ2n) is 5.97. The molecule has 0 fully saturated rings. The van der Waals surface area contributed by atoms with Gasteiger partial charge in [0.05, 0.1) is 7.11 Å². The maximum Gasteiger partial charge on any atom is 0.339 e. The van der Waals surface area contributed by atoms with Gasteiger partial charge in [0.15, 0.2) is 0 Å². The minimum Gasteiger partial charge on any atom is -0.467 e. The Labute approximate surface area is 158 Å². The van der Waals surface area contributed by atoms with Crippen molar-refractivity contribution in [2.75, 3.05) is 7.11 Å². The number of rotatable bonds is 7. The van der Waals surface area contributed by atoms with Crippen LogP contribution >= 0.6 is 0 Å². The van der Waals surface area contributed by atoms with Crippen LogP contribution < -0.4 is 9.50 Å². The second-order valence-corrected chi connectivity index (χ2v) is 7.52. The van der Waals surface area contributed by atoms with Crippen LogP contribution in [0.5, 0.6) is 5.75 Å². The molecule has 0 bridgehead atoms. The van der Waals surface area contributed by atoms with Crippen LogP contribution in [-0.2, 0) is 30.9 Å². The normalized spacial score (nSPS) is 12.1. The van der Waals surface area contributed by atoms with Crippen LogP contribution in [0.3, 0.4) is 0 Å². The Kier molecular flexibility index (Phi) is 6.57. The van der Waals surface area contributed by atoms with E-state index in [2.05, 4.69) is 10.1 Å². The number of amides is 1. The van der Waals surface area contributed by atoms with Crippen LogP contribution in [0.1, 0.15) is 18.1 Å². The fourth-order valence-corrected chi connectivity index (χ4v) is 3.31. The molecule has 1 atom stereocenters. The maximum atomic E-state index is 12.3. The number of benzene rings is 2. The minimum atomic E-state index is -3.93. The third-order valence-electron chi connectivity index (χ3n) is 3.74. The van der Waals surface area contributed by atoms with Gasteiger partial charge in [-0.3, -0.25) is 4.79 Å². The average Bonchev–Trinajstić information content (AvgIpc) is 2.62. The zero-order valence-corrected chi connectivity index (χ0v) is 16.1. The number of nitrogens with one attached hydrogen (secondary N) is 1. The molecule has 0 radical (unpaired) electrons. The summed E-state index contributed by atoms with van der Waals surface area (Å²) < 4.78 is 34.4. The van der Waals surface area contributed by atoms with Crippen LogP contribution in [0.15, 0.2) is 53.4 Å². The summed E-state index contributed by atoms with van der Waals surface area (Å²) in [5, 5.41) is 2.52. The monoisotopic (exact) mass is 391 g/mol. The number of esters is 1. The molecule has 0 aliphatic carbocycles. The largest absolute Gasteiger partial charge is 0.467 e. The van der Waals surface area contributed by atoms with Gasteiger partial charge in [0.2, 0.25) is 5.91 Å². The highest BCUT2D eigenvalue weighted by molar-refractivity contribution is 7.87. The van der Waals surface area contributed by atoms with Crippen molar-refractivity contribution >= 4 is 22.0 Å². The number of hydrogen-bond donors (Lipinski definition) is 1. The SMILES string of the molecule is COC(=O)C(Cc1ccc(OS(=O)(=O)c2ccc(C)cc2)cc1)NC(C)=O. The lowest BCUT2D eigenvalue weighted by molar-refractivity contribution is -0.144. The summed E-state index contributed by atoms with van der Waals surface area (Å²) >= 11 is 0. The Morgan fingerprint density at radius 1 is 1.04 bits per heavy atom. The van der Waals surface area contributed by atoms with Gasteiger partial charge in [0, 0.05) is 13.3 Å². The van der Waals surface area contributed by atoms with Crippen molar-refractivity contribution in [3.63, 3.8) is 0 Å². The Bertz CT molecular complexity index is 904. The van der Waals surface area contributed by atoms with Crippen molar-refractivity contribution in [3.8, 4) is 5.75 Å². The number of carbonyl (C=O) groups excluding carboxylic acids is 2. The van der Waals surface area contributed by atoms with Gasteiger partial charge in [0.1, 0.15) is 16.7 Å². The predicted octanol–water partition coefficient (Wildman–Crippen LogP) is 1.98. The fraction of sp³-hybridized carbons (Fsp3) is 0.263. The van der Waals surface area contributed by atoms with E-state index in [0.717, 1.165) is 5.56 Å². The molecule has 7 nitrogen and oxygen atoms in total. The molecule has 144 valence electrons. The van der Waals surface area contributed by atoms with E-state index in [-0.39, 0.29) is 23.0 Å².